The molecule has 0 saturated heterocycles. The van der Waals surface area contributed by atoms with Crippen molar-refractivity contribution in [2.75, 3.05) is 0 Å². The predicted octanol–water partition coefficient (Wildman–Crippen LogP) is 6.28. The molecule has 0 saturated carbocycles. The first-order chi connectivity index (χ1) is 8.93. The smallest absolute Gasteiger partial charge is 0.00229 e. The van der Waals surface area contributed by atoms with Crippen LogP contribution in [0.3, 0.4) is 0 Å². The summed E-state index contributed by atoms with van der Waals surface area (Å²) in [5, 5.41) is 0. The average Bonchev–Trinajstić information content (AvgIpc) is 2.38. The van der Waals surface area contributed by atoms with Crippen molar-refractivity contribution in [1.29, 1.82) is 0 Å². The Labute approximate surface area is 120 Å². The van der Waals surface area contributed by atoms with Gasteiger partial charge in [0.1, 0.15) is 0 Å². The van der Waals surface area contributed by atoms with E-state index in [4.69, 9.17) is 0 Å². The normalized spacial score (nSPS) is 13.2. The van der Waals surface area contributed by atoms with Crippen LogP contribution in [0.25, 0.3) is 5.57 Å². The lowest BCUT2D eigenvalue weighted by molar-refractivity contribution is 0.737. The molecule has 0 unspecified atom stereocenters. The first kappa shape index (κ1) is 17.7. The molecule has 0 fully saturated rings. The van der Waals surface area contributed by atoms with Gasteiger partial charge in [-0.1, -0.05) is 65.5 Å². The quantitative estimate of drug-likeness (QED) is 0.513. The third-order valence-electron chi connectivity index (χ3n) is 2.92. The molecule has 1 aliphatic carbocycles. The van der Waals surface area contributed by atoms with Gasteiger partial charge >= 0.3 is 0 Å². The van der Waals surface area contributed by atoms with E-state index in [2.05, 4.69) is 65.5 Å². The van der Waals surface area contributed by atoms with Crippen molar-refractivity contribution in [2.24, 2.45) is 5.92 Å². The van der Waals surface area contributed by atoms with Crippen LogP contribution in [-0.4, -0.2) is 0 Å². The van der Waals surface area contributed by atoms with E-state index >= 15 is 0 Å². The molecule has 0 nitrogen and oxygen atoms in total. The van der Waals surface area contributed by atoms with Crippen LogP contribution in [0.5, 0.6) is 0 Å². The van der Waals surface area contributed by atoms with Crippen molar-refractivity contribution in [1.82, 2.24) is 0 Å². The summed E-state index contributed by atoms with van der Waals surface area (Å²) in [5.41, 5.74) is 6.81. The average molecular weight is 258 g/mol. The number of hydrogen-bond acceptors (Lipinski definition) is 0. The molecule has 0 N–H and O–H groups in total. The van der Waals surface area contributed by atoms with E-state index < -0.39 is 0 Å². The van der Waals surface area contributed by atoms with Gasteiger partial charge in [-0.3, -0.25) is 0 Å². The van der Waals surface area contributed by atoms with E-state index in [1.807, 2.05) is 13.8 Å². The number of benzene rings is 1. The second-order valence-electron chi connectivity index (χ2n) is 5.42. The summed E-state index contributed by atoms with van der Waals surface area (Å²) < 4.78 is 0. The van der Waals surface area contributed by atoms with E-state index in [0.717, 1.165) is 12.3 Å². The zero-order chi connectivity index (χ0) is 15.0. The lowest BCUT2D eigenvalue weighted by atomic mass is 9.84. The van der Waals surface area contributed by atoms with Crippen LogP contribution in [0, 0.1) is 5.92 Å². The first-order valence-electron chi connectivity index (χ1n) is 7.37. The van der Waals surface area contributed by atoms with Gasteiger partial charge in [0.2, 0.25) is 0 Å². The number of allylic oxidation sites excluding steroid dienone is 3. The molecule has 19 heavy (non-hydrogen) atoms. The monoisotopic (exact) mass is 258 g/mol. The maximum absolute atomic E-state index is 4.09. The van der Waals surface area contributed by atoms with Gasteiger partial charge in [-0.05, 0) is 54.0 Å². The Morgan fingerprint density at radius 2 is 1.42 bits per heavy atom. The molecule has 0 aliphatic heterocycles. The van der Waals surface area contributed by atoms with Gasteiger partial charge in [-0.25, -0.2) is 0 Å². The summed E-state index contributed by atoms with van der Waals surface area (Å²) in [6, 6.07) is 8.58. The molecule has 2 rings (SSSR count). The van der Waals surface area contributed by atoms with E-state index in [1.54, 1.807) is 0 Å². The summed E-state index contributed by atoms with van der Waals surface area (Å²) in [7, 11) is 0. The molecule has 0 atom stereocenters. The second-order valence-corrected chi connectivity index (χ2v) is 5.42. The zero-order valence-corrected chi connectivity index (χ0v) is 13.8. The minimum Gasteiger partial charge on any atom is -0.0952 e. The summed E-state index contributed by atoms with van der Waals surface area (Å²) in [5.74, 6) is 0.833. The molecule has 0 radical (unpaired) electrons. The minimum atomic E-state index is 0.833. The van der Waals surface area contributed by atoms with Crippen LogP contribution in [0.1, 0.15) is 59.6 Å². The molecule has 0 amide bonds. The topological polar surface area (TPSA) is 0 Å². The van der Waals surface area contributed by atoms with Gasteiger partial charge in [0.15, 0.2) is 0 Å². The number of hydrogen-bond donors (Lipinski definition) is 0. The molecular formula is C19H30. The van der Waals surface area contributed by atoms with Crippen LogP contribution in [0.15, 0.2) is 42.0 Å². The van der Waals surface area contributed by atoms with Crippen molar-refractivity contribution in [3.8, 4) is 0 Å². The van der Waals surface area contributed by atoms with Crippen LogP contribution in [0.2, 0.25) is 0 Å². The SMILES string of the molecule is C=C1Cc2ccccc2C(C)=C1C.CC.CC(C)C. The Morgan fingerprint density at radius 3 is 1.95 bits per heavy atom. The molecular weight excluding hydrogens is 228 g/mol. The van der Waals surface area contributed by atoms with Crippen molar-refractivity contribution >= 4 is 5.57 Å². The van der Waals surface area contributed by atoms with E-state index in [0.29, 0.717) is 0 Å². The lowest BCUT2D eigenvalue weighted by Crippen LogP contribution is -2.03. The second kappa shape index (κ2) is 8.74. The highest BCUT2D eigenvalue weighted by Crippen LogP contribution is 2.32. The van der Waals surface area contributed by atoms with Crippen LogP contribution >= 0.6 is 0 Å². The van der Waals surface area contributed by atoms with Gasteiger partial charge in [0.25, 0.3) is 0 Å². The minimum absolute atomic E-state index is 0.833. The molecule has 0 spiro atoms. The molecule has 106 valence electrons. The molecule has 1 aromatic rings. The lowest BCUT2D eigenvalue weighted by Gasteiger charge is -2.20. The summed E-state index contributed by atoms with van der Waals surface area (Å²) in [6.07, 6.45) is 1.01. The van der Waals surface area contributed by atoms with Crippen LogP contribution in [-0.2, 0) is 6.42 Å². The van der Waals surface area contributed by atoms with E-state index in [-0.39, 0.29) is 0 Å². The van der Waals surface area contributed by atoms with Crippen LogP contribution in [0.4, 0.5) is 0 Å². The Balaban J connectivity index is 0.000000467. The third kappa shape index (κ3) is 5.46. The fourth-order valence-corrected chi connectivity index (χ4v) is 1.87. The summed E-state index contributed by atoms with van der Waals surface area (Å²) >= 11 is 0. The Bertz CT molecular complexity index is 430. The highest BCUT2D eigenvalue weighted by molar-refractivity contribution is 5.75. The van der Waals surface area contributed by atoms with Gasteiger partial charge in [-0.2, -0.15) is 0 Å². The van der Waals surface area contributed by atoms with E-state index in [9.17, 15) is 0 Å². The molecule has 0 aromatic heterocycles. The number of fused-ring (bicyclic) bond motifs is 1. The maximum atomic E-state index is 4.09. The molecule has 0 heteroatoms. The Kier molecular flexibility index (Phi) is 8.14. The first-order valence-corrected chi connectivity index (χ1v) is 7.37. The standard InChI is InChI=1S/C13H14.C4H10.C2H6/c1-9-8-12-6-4-5-7-13(12)11(3)10(9)2;1-4(2)3;1-2/h4-7H,1,8H2,2-3H3;4H,1-3H3;1-2H3. The zero-order valence-electron chi connectivity index (χ0n) is 13.8. The van der Waals surface area contributed by atoms with E-state index in [1.165, 1.54) is 27.8 Å². The van der Waals surface area contributed by atoms with Gasteiger partial charge < -0.3 is 0 Å². The Morgan fingerprint density at radius 1 is 0.947 bits per heavy atom. The Hall–Kier alpha value is -1.30. The highest BCUT2D eigenvalue weighted by Gasteiger charge is 2.14. The van der Waals surface area contributed by atoms with Crippen LogP contribution < -0.4 is 0 Å². The largest absolute Gasteiger partial charge is 0.0952 e. The molecule has 0 heterocycles. The van der Waals surface area contributed by atoms with Crippen molar-refractivity contribution < 1.29 is 0 Å². The van der Waals surface area contributed by atoms with Gasteiger partial charge in [0, 0.05) is 0 Å². The fourth-order valence-electron chi connectivity index (χ4n) is 1.87. The molecule has 0 bridgehead atoms. The molecule has 1 aliphatic rings. The molecule has 1 aromatic carbocycles. The number of rotatable bonds is 0. The predicted molar refractivity (Wildman–Crippen MR) is 89.4 cm³/mol. The fraction of sp³-hybridized carbons (Fsp3) is 0.474. The van der Waals surface area contributed by atoms with Crippen molar-refractivity contribution in [2.45, 2.75) is 54.9 Å². The van der Waals surface area contributed by atoms with Crippen molar-refractivity contribution in [3.05, 3.63) is 53.1 Å². The van der Waals surface area contributed by atoms with Crippen molar-refractivity contribution in [3.63, 3.8) is 0 Å². The highest BCUT2D eigenvalue weighted by atomic mass is 14.2. The van der Waals surface area contributed by atoms with Gasteiger partial charge in [-0.15, -0.1) is 0 Å². The van der Waals surface area contributed by atoms with Gasteiger partial charge in [0.05, 0.1) is 0 Å². The summed E-state index contributed by atoms with van der Waals surface area (Å²) in [6.45, 7) is 18.9. The maximum Gasteiger partial charge on any atom is -0.00229 e. The third-order valence-corrected chi connectivity index (χ3v) is 2.92. The summed E-state index contributed by atoms with van der Waals surface area (Å²) in [4.78, 5) is 0.